The summed E-state index contributed by atoms with van der Waals surface area (Å²) in [5.74, 6) is 0. The molecule has 0 amide bonds. The molecule has 1 nitrogen and oxygen atoms in total. The Labute approximate surface area is 122 Å². The molecule has 0 bridgehead atoms. The van der Waals surface area contributed by atoms with Gasteiger partial charge < -0.3 is 4.90 Å². The molecule has 0 aliphatic heterocycles. The van der Waals surface area contributed by atoms with E-state index in [1.54, 1.807) is 0 Å². The molecule has 20 heavy (non-hydrogen) atoms. The molecule has 0 aromatic heterocycles. The molecule has 0 saturated carbocycles. The molecule has 0 radical (unpaired) electrons. The van der Waals surface area contributed by atoms with Gasteiger partial charge in [-0.3, -0.25) is 0 Å². The molecule has 104 valence electrons. The van der Waals surface area contributed by atoms with Crippen LogP contribution < -0.4 is 0 Å². The molecule has 0 fully saturated rings. The van der Waals surface area contributed by atoms with Crippen LogP contribution in [0.15, 0.2) is 73.3 Å². The molecule has 0 heterocycles. The van der Waals surface area contributed by atoms with Crippen molar-refractivity contribution in [2.75, 3.05) is 20.6 Å². The number of hydrogen-bond acceptors (Lipinski definition) is 1. The van der Waals surface area contributed by atoms with Crippen molar-refractivity contribution in [3.8, 4) is 0 Å². The summed E-state index contributed by atoms with van der Waals surface area (Å²) in [6.45, 7) is 4.63. The van der Waals surface area contributed by atoms with Gasteiger partial charge in [-0.05, 0) is 25.2 Å². The van der Waals surface area contributed by atoms with E-state index >= 15 is 0 Å². The predicted molar refractivity (Wildman–Crippen MR) is 90.6 cm³/mol. The van der Waals surface area contributed by atoms with Crippen LogP contribution in [0, 0.1) is 0 Å². The van der Waals surface area contributed by atoms with Gasteiger partial charge >= 0.3 is 0 Å². The van der Waals surface area contributed by atoms with Crippen LogP contribution in [0.2, 0.25) is 0 Å². The standard InChI is InChI=1S/C11H15N.C8H8/c1-12(2)10-6-9-11-7-4-3-5-8-11;1-2-8-6-4-3-5-7-8/h3-9H,10H2,1-2H3;2-7H,1H2. The van der Waals surface area contributed by atoms with E-state index in [0.29, 0.717) is 0 Å². The van der Waals surface area contributed by atoms with Crippen molar-refractivity contribution < 1.29 is 0 Å². The number of nitrogens with zero attached hydrogens (tertiary/aromatic N) is 1. The zero-order chi connectivity index (χ0) is 14.6. The van der Waals surface area contributed by atoms with Gasteiger partial charge in [0.1, 0.15) is 0 Å². The summed E-state index contributed by atoms with van der Waals surface area (Å²) in [7, 11) is 4.13. The first-order chi connectivity index (χ1) is 9.72. The van der Waals surface area contributed by atoms with Crippen molar-refractivity contribution in [3.05, 3.63) is 84.4 Å². The minimum absolute atomic E-state index is 0.995. The highest BCUT2D eigenvalue weighted by Crippen LogP contribution is 2.00. The van der Waals surface area contributed by atoms with Gasteiger partial charge in [0.2, 0.25) is 0 Å². The summed E-state index contributed by atoms with van der Waals surface area (Å²) >= 11 is 0. The lowest BCUT2D eigenvalue weighted by Crippen LogP contribution is -2.10. The minimum Gasteiger partial charge on any atom is -0.306 e. The normalized spacial score (nSPS) is 10.2. The number of hydrogen-bond donors (Lipinski definition) is 0. The monoisotopic (exact) mass is 265 g/mol. The van der Waals surface area contributed by atoms with Gasteiger partial charge in [0.15, 0.2) is 0 Å². The van der Waals surface area contributed by atoms with Gasteiger partial charge in [-0.2, -0.15) is 0 Å². The fraction of sp³-hybridized carbons (Fsp3) is 0.158. The highest BCUT2D eigenvalue weighted by molar-refractivity contribution is 5.48. The van der Waals surface area contributed by atoms with Crippen molar-refractivity contribution in [2.45, 2.75) is 0 Å². The lowest BCUT2D eigenvalue weighted by Gasteiger charge is -2.03. The lowest BCUT2D eigenvalue weighted by molar-refractivity contribution is 0.457. The zero-order valence-corrected chi connectivity index (χ0v) is 12.4. The SMILES string of the molecule is C=Cc1ccccc1.CN(C)CC=Cc1ccccc1. The minimum atomic E-state index is 0.995. The summed E-state index contributed by atoms with van der Waals surface area (Å²) in [5, 5.41) is 0. The second-order valence-electron chi connectivity index (χ2n) is 4.69. The van der Waals surface area contributed by atoms with Gasteiger partial charge in [0, 0.05) is 6.54 Å². The molecule has 0 aliphatic rings. The van der Waals surface area contributed by atoms with Gasteiger partial charge in [-0.15, -0.1) is 0 Å². The van der Waals surface area contributed by atoms with E-state index in [1.807, 2.05) is 42.5 Å². The molecule has 0 unspecified atom stereocenters. The van der Waals surface area contributed by atoms with Crippen LogP contribution >= 0.6 is 0 Å². The largest absolute Gasteiger partial charge is 0.306 e. The fourth-order valence-electron chi connectivity index (χ4n) is 1.55. The molecule has 0 spiro atoms. The van der Waals surface area contributed by atoms with E-state index in [4.69, 9.17) is 0 Å². The lowest BCUT2D eigenvalue weighted by atomic mass is 10.2. The molecule has 0 N–H and O–H groups in total. The van der Waals surface area contributed by atoms with Crippen molar-refractivity contribution in [1.82, 2.24) is 4.90 Å². The van der Waals surface area contributed by atoms with Crippen LogP contribution in [0.5, 0.6) is 0 Å². The first-order valence-corrected chi connectivity index (χ1v) is 6.76. The first-order valence-electron chi connectivity index (χ1n) is 6.76. The highest BCUT2D eigenvalue weighted by atomic mass is 15.0. The summed E-state index contributed by atoms with van der Waals surface area (Å²) in [5.41, 5.74) is 2.44. The Balaban J connectivity index is 0.000000217. The zero-order valence-electron chi connectivity index (χ0n) is 12.4. The van der Waals surface area contributed by atoms with E-state index in [1.165, 1.54) is 11.1 Å². The molecule has 2 aromatic carbocycles. The molecule has 2 aromatic rings. The predicted octanol–water partition coefficient (Wildman–Crippen LogP) is 4.59. The summed E-state index contributed by atoms with van der Waals surface area (Å²) in [4.78, 5) is 2.14. The molecule has 0 atom stereocenters. The van der Waals surface area contributed by atoms with Crippen molar-refractivity contribution in [3.63, 3.8) is 0 Å². The van der Waals surface area contributed by atoms with Gasteiger partial charge in [0.25, 0.3) is 0 Å². The average molecular weight is 265 g/mol. The highest BCUT2D eigenvalue weighted by Gasteiger charge is 1.83. The average Bonchev–Trinajstić information content (AvgIpc) is 2.49. The van der Waals surface area contributed by atoms with Gasteiger partial charge in [0.05, 0.1) is 0 Å². The van der Waals surface area contributed by atoms with Gasteiger partial charge in [-0.1, -0.05) is 85.5 Å². The number of rotatable bonds is 4. The van der Waals surface area contributed by atoms with Crippen LogP contribution in [-0.4, -0.2) is 25.5 Å². The van der Waals surface area contributed by atoms with E-state index in [-0.39, 0.29) is 0 Å². The smallest absolute Gasteiger partial charge is 0.0160 e. The third-order valence-corrected chi connectivity index (χ3v) is 2.62. The molecule has 2 rings (SSSR count). The van der Waals surface area contributed by atoms with Crippen molar-refractivity contribution in [1.29, 1.82) is 0 Å². The van der Waals surface area contributed by atoms with Crippen LogP contribution in [0.25, 0.3) is 12.2 Å². The van der Waals surface area contributed by atoms with Crippen molar-refractivity contribution in [2.24, 2.45) is 0 Å². The Morgan fingerprint density at radius 1 is 0.850 bits per heavy atom. The fourth-order valence-corrected chi connectivity index (χ4v) is 1.55. The van der Waals surface area contributed by atoms with E-state index in [2.05, 4.69) is 62.0 Å². The van der Waals surface area contributed by atoms with Crippen LogP contribution in [0.1, 0.15) is 11.1 Å². The Bertz CT molecular complexity index is 498. The number of likely N-dealkylation sites (N-methyl/N-ethyl adjacent to an activating group) is 1. The topological polar surface area (TPSA) is 3.24 Å². The van der Waals surface area contributed by atoms with Crippen LogP contribution in [0.4, 0.5) is 0 Å². The molecule has 0 saturated heterocycles. The Hall–Kier alpha value is -2.12. The van der Waals surface area contributed by atoms with E-state index < -0.39 is 0 Å². The maximum Gasteiger partial charge on any atom is 0.0160 e. The molecule has 0 aliphatic carbocycles. The summed E-state index contributed by atoms with van der Waals surface area (Å²) in [6.07, 6.45) is 6.13. The van der Waals surface area contributed by atoms with E-state index in [9.17, 15) is 0 Å². The van der Waals surface area contributed by atoms with Gasteiger partial charge in [-0.25, -0.2) is 0 Å². The third kappa shape index (κ3) is 7.34. The summed E-state index contributed by atoms with van der Waals surface area (Å²) in [6, 6.07) is 20.4. The maximum absolute atomic E-state index is 3.63. The summed E-state index contributed by atoms with van der Waals surface area (Å²) < 4.78 is 0. The number of benzene rings is 2. The van der Waals surface area contributed by atoms with Crippen LogP contribution in [-0.2, 0) is 0 Å². The second kappa shape index (κ2) is 9.76. The first kappa shape index (κ1) is 15.9. The molecular formula is C19H23N. The van der Waals surface area contributed by atoms with E-state index in [0.717, 1.165) is 6.54 Å². The Morgan fingerprint density at radius 3 is 1.75 bits per heavy atom. The van der Waals surface area contributed by atoms with Crippen molar-refractivity contribution >= 4 is 12.2 Å². The van der Waals surface area contributed by atoms with Crippen LogP contribution in [0.3, 0.4) is 0 Å². The molecular weight excluding hydrogens is 242 g/mol. The maximum atomic E-state index is 3.63. The Morgan fingerprint density at radius 2 is 1.35 bits per heavy atom. The Kier molecular flexibility index (Phi) is 7.78. The molecule has 1 heteroatoms. The third-order valence-electron chi connectivity index (χ3n) is 2.62. The second-order valence-corrected chi connectivity index (χ2v) is 4.69. The quantitative estimate of drug-likeness (QED) is 0.781.